The van der Waals surface area contributed by atoms with Crippen LogP contribution < -0.4 is 0 Å². The van der Waals surface area contributed by atoms with E-state index in [2.05, 4.69) is 10.2 Å². The first-order valence-corrected chi connectivity index (χ1v) is 6.50. The van der Waals surface area contributed by atoms with Crippen molar-refractivity contribution < 1.29 is 9.90 Å². The summed E-state index contributed by atoms with van der Waals surface area (Å²) in [4.78, 5) is 10.5. The Morgan fingerprint density at radius 2 is 2.25 bits per heavy atom. The van der Waals surface area contributed by atoms with Crippen LogP contribution in [0.15, 0.2) is 11.5 Å². The fourth-order valence-corrected chi connectivity index (χ4v) is 2.77. The van der Waals surface area contributed by atoms with E-state index in [1.165, 1.54) is 31.0 Å². The summed E-state index contributed by atoms with van der Waals surface area (Å²) in [5.41, 5.74) is 0. The van der Waals surface area contributed by atoms with Gasteiger partial charge in [-0.3, -0.25) is 4.79 Å². The van der Waals surface area contributed by atoms with Crippen molar-refractivity contribution in [2.24, 2.45) is 0 Å². The molecule has 0 radical (unpaired) electrons. The molecule has 1 aromatic rings. The maximum Gasteiger partial charge on any atom is 0.313 e. The van der Waals surface area contributed by atoms with Crippen molar-refractivity contribution in [1.29, 1.82) is 0 Å². The Morgan fingerprint density at radius 1 is 1.50 bits per heavy atom. The lowest BCUT2D eigenvalue weighted by Crippen LogP contribution is -2.13. The zero-order valence-corrected chi connectivity index (χ0v) is 9.82. The second-order valence-corrected chi connectivity index (χ2v) is 4.94. The molecule has 0 amide bonds. The molecule has 0 saturated heterocycles. The van der Waals surface area contributed by atoms with Gasteiger partial charge < -0.3 is 9.67 Å². The number of carbonyl (C=O) groups is 1. The summed E-state index contributed by atoms with van der Waals surface area (Å²) in [6, 6.07) is 0.458. The zero-order valence-electron chi connectivity index (χ0n) is 9.00. The lowest BCUT2D eigenvalue weighted by Gasteiger charge is -2.23. The van der Waals surface area contributed by atoms with Gasteiger partial charge in [-0.1, -0.05) is 31.0 Å². The topological polar surface area (TPSA) is 68.0 Å². The predicted octanol–water partition coefficient (Wildman–Crippen LogP) is 1.96. The molecule has 16 heavy (non-hydrogen) atoms. The molecule has 1 saturated carbocycles. The number of hydrogen-bond acceptors (Lipinski definition) is 4. The summed E-state index contributed by atoms with van der Waals surface area (Å²) in [6.07, 6.45) is 7.81. The van der Waals surface area contributed by atoms with Gasteiger partial charge in [-0.15, -0.1) is 10.2 Å². The molecule has 0 aliphatic heterocycles. The van der Waals surface area contributed by atoms with Crippen molar-refractivity contribution in [3.8, 4) is 0 Å². The average molecular weight is 241 g/mol. The minimum Gasteiger partial charge on any atom is -0.481 e. The Balaban J connectivity index is 2.02. The zero-order chi connectivity index (χ0) is 11.4. The number of aliphatic carboxylic acids is 1. The fourth-order valence-electron chi connectivity index (χ4n) is 2.07. The van der Waals surface area contributed by atoms with E-state index in [1.54, 1.807) is 6.33 Å². The van der Waals surface area contributed by atoms with Gasteiger partial charge in [-0.2, -0.15) is 0 Å². The van der Waals surface area contributed by atoms with E-state index in [0.29, 0.717) is 6.04 Å². The van der Waals surface area contributed by atoms with E-state index in [1.807, 2.05) is 4.57 Å². The lowest BCUT2D eigenvalue weighted by molar-refractivity contribution is -0.133. The molecule has 0 spiro atoms. The molecule has 5 nitrogen and oxygen atoms in total. The average Bonchev–Trinajstić information content (AvgIpc) is 2.75. The molecule has 1 aliphatic rings. The third kappa shape index (κ3) is 2.75. The van der Waals surface area contributed by atoms with Crippen LogP contribution in [0.5, 0.6) is 0 Å². The lowest BCUT2D eigenvalue weighted by atomic mass is 9.95. The number of nitrogens with zero attached hydrogens (tertiary/aromatic N) is 3. The van der Waals surface area contributed by atoms with Gasteiger partial charge in [0.1, 0.15) is 6.33 Å². The predicted molar refractivity (Wildman–Crippen MR) is 60.5 cm³/mol. The Bertz CT molecular complexity index is 361. The number of carboxylic acids is 1. The van der Waals surface area contributed by atoms with Gasteiger partial charge in [-0.25, -0.2) is 0 Å². The molecule has 1 N–H and O–H groups in total. The SMILES string of the molecule is O=C(O)CSc1nncn1C1CCCCC1. The molecule has 2 rings (SSSR count). The van der Waals surface area contributed by atoms with Crippen LogP contribution in [0.2, 0.25) is 0 Å². The molecule has 1 aromatic heterocycles. The maximum atomic E-state index is 10.5. The molecular formula is C10H15N3O2S. The van der Waals surface area contributed by atoms with Gasteiger partial charge in [-0.05, 0) is 12.8 Å². The number of hydrogen-bond donors (Lipinski definition) is 1. The minimum absolute atomic E-state index is 0.0470. The van der Waals surface area contributed by atoms with E-state index < -0.39 is 5.97 Å². The molecule has 1 heterocycles. The number of rotatable bonds is 4. The van der Waals surface area contributed by atoms with Crippen molar-refractivity contribution in [3.63, 3.8) is 0 Å². The van der Waals surface area contributed by atoms with Crippen molar-refractivity contribution in [1.82, 2.24) is 14.8 Å². The van der Waals surface area contributed by atoms with Gasteiger partial charge in [0.2, 0.25) is 0 Å². The van der Waals surface area contributed by atoms with Crippen molar-refractivity contribution in [2.75, 3.05) is 5.75 Å². The highest BCUT2D eigenvalue weighted by molar-refractivity contribution is 7.99. The third-order valence-corrected chi connectivity index (χ3v) is 3.77. The van der Waals surface area contributed by atoms with Crippen LogP contribution in [0.1, 0.15) is 38.1 Å². The Hall–Kier alpha value is -1.04. The number of aromatic nitrogens is 3. The minimum atomic E-state index is -0.816. The molecular weight excluding hydrogens is 226 g/mol. The quantitative estimate of drug-likeness (QED) is 0.816. The maximum absolute atomic E-state index is 10.5. The summed E-state index contributed by atoms with van der Waals surface area (Å²) in [6.45, 7) is 0. The first-order valence-electron chi connectivity index (χ1n) is 5.51. The monoisotopic (exact) mass is 241 g/mol. The van der Waals surface area contributed by atoms with Crippen molar-refractivity contribution in [2.45, 2.75) is 43.3 Å². The smallest absolute Gasteiger partial charge is 0.313 e. The molecule has 1 fully saturated rings. The third-order valence-electron chi connectivity index (χ3n) is 2.83. The summed E-state index contributed by atoms with van der Waals surface area (Å²) >= 11 is 1.25. The Morgan fingerprint density at radius 3 is 2.94 bits per heavy atom. The summed E-state index contributed by atoms with van der Waals surface area (Å²) in [5, 5.41) is 17.2. The van der Waals surface area contributed by atoms with Crippen LogP contribution in [-0.4, -0.2) is 31.6 Å². The molecule has 0 aromatic carbocycles. The molecule has 1 aliphatic carbocycles. The van der Waals surface area contributed by atoms with Crippen LogP contribution in [0.3, 0.4) is 0 Å². The van der Waals surface area contributed by atoms with E-state index in [0.717, 1.165) is 18.0 Å². The van der Waals surface area contributed by atoms with Crippen LogP contribution in [0, 0.1) is 0 Å². The van der Waals surface area contributed by atoms with Gasteiger partial charge in [0.15, 0.2) is 5.16 Å². The first-order chi connectivity index (χ1) is 7.77. The molecule has 0 bridgehead atoms. The summed E-state index contributed by atoms with van der Waals surface area (Å²) < 4.78 is 2.03. The number of carboxylic acid groups (broad SMARTS) is 1. The fraction of sp³-hybridized carbons (Fsp3) is 0.700. The normalized spacial score (nSPS) is 17.5. The molecule has 6 heteroatoms. The highest BCUT2D eigenvalue weighted by atomic mass is 32.2. The number of thioether (sulfide) groups is 1. The van der Waals surface area contributed by atoms with Gasteiger partial charge >= 0.3 is 5.97 Å². The first kappa shape index (κ1) is 11.4. The Labute approximate surface area is 98.3 Å². The van der Waals surface area contributed by atoms with Gasteiger partial charge in [0.05, 0.1) is 5.75 Å². The standard InChI is InChI=1S/C10H15N3O2S/c14-9(15)6-16-10-12-11-7-13(10)8-4-2-1-3-5-8/h7-8H,1-6H2,(H,14,15). The summed E-state index contributed by atoms with van der Waals surface area (Å²) in [7, 11) is 0. The van der Waals surface area contributed by atoms with E-state index in [4.69, 9.17) is 5.11 Å². The van der Waals surface area contributed by atoms with Gasteiger partial charge in [0.25, 0.3) is 0 Å². The second kappa shape index (κ2) is 5.34. The highest BCUT2D eigenvalue weighted by Crippen LogP contribution is 2.30. The molecule has 0 atom stereocenters. The molecule has 0 unspecified atom stereocenters. The Kier molecular flexibility index (Phi) is 3.82. The summed E-state index contributed by atoms with van der Waals surface area (Å²) in [5.74, 6) is -0.769. The van der Waals surface area contributed by atoms with Gasteiger partial charge in [0, 0.05) is 6.04 Å². The highest BCUT2D eigenvalue weighted by Gasteiger charge is 2.18. The van der Waals surface area contributed by atoms with Crippen LogP contribution >= 0.6 is 11.8 Å². The molecule has 88 valence electrons. The van der Waals surface area contributed by atoms with Crippen LogP contribution in [-0.2, 0) is 4.79 Å². The van der Waals surface area contributed by atoms with Crippen molar-refractivity contribution in [3.05, 3.63) is 6.33 Å². The van der Waals surface area contributed by atoms with E-state index in [-0.39, 0.29) is 5.75 Å². The second-order valence-electron chi connectivity index (χ2n) is 4.00. The van der Waals surface area contributed by atoms with Crippen LogP contribution in [0.4, 0.5) is 0 Å². The largest absolute Gasteiger partial charge is 0.481 e. The van der Waals surface area contributed by atoms with Crippen LogP contribution in [0.25, 0.3) is 0 Å². The van der Waals surface area contributed by atoms with Crippen molar-refractivity contribution >= 4 is 17.7 Å². The van der Waals surface area contributed by atoms with E-state index >= 15 is 0 Å². The van der Waals surface area contributed by atoms with E-state index in [9.17, 15) is 4.79 Å².